The van der Waals surface area contributed by atoms with Gasteiger partial charge in [0.25, 0.3) is 11.6 Å². The highest BCUT2D eigenvalue weighted by molar-refractivity contribution is 6.01. The summed E-state index contributed by atoms with van der Waals surface area (Å²) in [7, 11) is 0. The molecule has 2 saturated heterocycles. The number of carbonyl (C=O) groups excluding carboxylic acids is 2. The number of ether oxygens (including phenoxy) is 2. The summed E-state index contributed by atoms with van der Waals surface area (Å²) < 4.78 is 10.9. The highest BCUT2D eigenvalue weighted by atomic mass is 16.6. The fraction of sp³-hybridized carbons (Fsp3) is 0.417. The van der Waals surface area contributed by atoms with E-state index in [1.807, 2.05) is 12.1 Å². The van der Waals surface area contributed by atoms with Crippen molar-refractivity contribution in [2.75, 3.05) is 74.3 Å². The first-order chi connectivity index (χ1) is 16.9. The Morgan fingerprint density at radius 1 is 0.971 bits per heavy atom. The molecule has 2 aromatic carbocycles. The smallest absolute Gasteiger partial charge is 0.273 e. The summed E-state index contributed by atoms with van der Waals surface area (Å²) in [6.45, 7) is 6.91. The molecule has 186 valence electrons. The first-order valence-electron chi connectivity index (χ1n) is 11.5. The number of nitrogens with one attached hydrogen (secondary N) is 2. The summed E-state index contributed by atoms with van der Waals surface area (Å²) in [6, 6.07) is 10.1. The van der Waals surface area contributed by atoms with E-state index in [4.69, 9.17) is 9.47 Å². The molecule has 2 aromatic rings. The van der Waals surface area contributed by atoms with Gasteiger partial charge in [-0.1, -0.05) is 6.07 Å². The number of carbonyl (C=O) groups is 2. The Balaban J connectivity index is 1.44. The number of nitrogens with zero attached hydrogens (tertiary/aromatic N) is 3. The zero-order valence-electron chi connectivity index (χ0n) is 19.6. The van der Waals surface area contributed by atoms with E-state index in [2.05, 4.69) is 26.5 Å². The van der Waals surface area contributed by atoms with E-state index in [0.717, 1.165) is 24.5 Å². The van der Waals surface area contributed by atoms with Crippen LogP contribution in [0.25, 0.3) is 0 Å². The van der Waals surface area contributed by atoms with Crippen LogP contribution in [0.15, 0.2) is 36.4 Å². The maximum atomic E-state index is 12.7. The molecule has 2 aliphatic rings. The molecule has 0 aromatic heterocycles. The van der Waals surface area contributed by atoms with Crippen molar-refractivity contribution in [2.24, 2.45) is 0 Å². The molecule has 4 rings (SSSR count). The van der Waals surface area contributed by atoms with Crippen LogP contribution in [0.4, 0.5) is 22.7 Å². The van der Waals surface area contributed by atoms with Gasteiger partial charge in [-0.15, -0.1) is 0 Å². The van der Waals surface area contributed by atoms with Crippen molar-refractivity contribution >= 4 is 34.6 Å². The molecule has 0 saturated carbocycles. The van der Waals surface area contributed by atoms with Crippen molar-refractivity contribution in [3.8, 4) is 0 Å². The van der Waals surface area contributed by atoms with Gasteiger partial charge in [0.05, 0.1) is 49.3 Å². The Labute approximate surface area is 203 Å². The largest absolute Gasteiger partial charge is 0.378 e. The number of nitro benzene ring substituents is 1. The van der Waals surface area contributed by atoms with E-state index in [1.54, 1.807) is 6.92 Å². The summed E-state index contributed by atoms with van der Waals surface area (Å²) >= 11 is 0. The lowest BCUT2D eigenvalue weighted by molar-refractivity contribution is -0.385. The van der Waals surface area contributed by atoms with Gasteiger partial charge in [-0.25, -0.2) is 0 Å². The van der Waals surface area contributed by atoms with Gasteiger partial charge in [-0.3, -0.25) is 19.7 Å². The Morgan fingerprint density at radius 2 is 1.63 bits per heavy atom. The lowest BCUT2D eigenvalue weighted by Gasteiger charge is -2.33. The first-order valence-corrected chi connectivity index (χ1v) is 11.5. The molecule has 0 radical (unpaired) electrons. The van der Waals surface area contributed by atoms with Crippen molar-refractivity contribution in [2.45, 2.75) is 6.92 Å². The number of morpholine rings is 2. The molecule has 11 heteroatoms. The summed E-state index contributed by atoms with van der Waals surface area (Å²) in [5.74, 6) is -0.951. The number of anilines is 3. The van der Waals surface area contributed by atoms with Gasteiger partial charge in [0, 0.05) is 49.1 Å². The van der Waals surface area contributed by atoms with Gasteiger partial charge < -0.3 is 29.9 Å². The van der Waals surface area contributed by atoms with Gasteiger partial charge in [0.15, 0.2) is 0 Å². The zero-order valence-corrected chi connectivity index (χ0v) is 19.6. The maximum Gasteiger partial charge on any atom is 0.273 e. The molecule has 2 amide bonds. The van der Waals surface area contributed by atoms with Crippen molar-refractivity contribution < 1.29 is 24.0 Å². The molecule has 35 heavy (non-hydrogen) atoms. The predicted octanol–water partition coefficient (Wildman–Crippen LogP) is 1.94. The molecule has 2 aliphatic heterocycles. The molecule has 2 fully saturated rings. The second kappa shape index (κ2) is 11.2. The highest BCUT2D eigenvalue weighted by Gasteiger charge is 2.20. The summed E-state index contributed by atoms with van der Waals surface area (Å²) in [5, 5.41) is 16.6. The van der Waals surface area contributed by atoms with Gasteiger partial charge in [-0.05, 0) is 31.2 Å². The summed E-state index contributed by atoms with van der Waals surface area (Å²) in [6.07, 6.45) is 0. The third-order valence-electron chi connectivity index (χ3n) is 6.06. The monoisotopic (exact) mass is 483 g/mol. The second-order valence-electron chi connectivity index (χ2n) is 8.39. The fourth-order valence-electron chi connectivity index (χ4n) is 4.11. The number of amides is 2. The van der Waals surface area contributed by atoms with Crippen LogP contribution in [0.5, 0.6) is 0 Å². The number of nitro groups is 1. The standard InChI is InChI=1S/C24H29N5O6/c1-17-2-3-18(14-21(17)29(32)33)24(31)25-16-23(30)26-20-5-4-19(27-6-10-34-11-7-27)15-22(20)28-8-12-35-13-9-28/h2-5,14-15H,6-13,16H2,1H3,(H,25,31)(H,26,30). The van der Waals surface area contributed by atoms with Gasteiger partial charge in [0.1, 0.15) is 0 Å². The SMILES string of the molecule is Cc1ccc(C(=O)NCC(=O)Nc2ccc(N3CCOCC3)cc2N2CCOCC2)cc1[N+](=O)[O-]. The van der Waals surface area contributed by atoms with E-state index in [-0.39, 0.29) is 17.8 Å². The van der Waals surface area contributed by atoms with Crippen LogP contribution in [-0.2, 0) is 14.3 Å². The zero-order chi connectivity index (χ0) is 24.8. The Bertz CT molecular complexity index is 1100. The van der Waals surface area contributed by atoms with E-state index in [1.165, 1.54) is 18.2 Å². The minimum absolute atomic E-state index is 0.124. The highest BCUT2D eigenvalue weighted by Crippen LogP contribution is 2.32. The maximum absolute atomic E-state index is 12.7. The van der Waals surface area contributed by atoms with E-state index >= 15 is 0 Å². The predicted molar refractivity (Wildman–Crippen MR) is 131 cm³/mol. The van der Waals surface area contributed by atoms with E-state index in [9.17, 15) is 19.7 Å². The Kier molecular flexibility index (Phi) is 7.78. The molecule has 0 aliphatic carbocycles. The number of hydrogen-bond donors (Lipinski definition) is 2. The summed E-state index contributed by atoms with van der Waals surface area (Å²) in [5.41, 5.74) is 3.04. The van der Waals surface area contributed by atoms with Crippen molar-refractivity contribution in [1.82, 2.24) is 5.32 Å². The number of aryl methyl sites for hydroxylation is 1. The molecule has 0 bridgehead atoms. The van der Waals surface area contributed by atoms with E-state index in [0.29, 0.717) is 50.8 Å². The van der Waals surface area contributed by atoms with Crippen molar-refractivity contribution in [3.63, 3.8) is 0 Å². The van der Waals surface area contributed by atoms with Crippen LogP contribution in [0.2, 0.25) is 0 Å². The van der Waals surface area contributed by atoms with Gasteiger partial charge in [-0.2, -0.15) is 0 Å². The molecule has 2 heterocycles. The van der Waals surface area contributed by atoms with Crippen LogP contribution in [0, 0.1) is 17.0 Å². The average molecular weight is 484 g/mol. The molecule has 0 spiro atoms. The summed E-state index contributed by atoms with van der Waals surface area (Å²) in [4.78, 5) is 40.2. The van der Waals surface area contributed by atoms with E-state index < -0.39 is 16.7 Å². The topological polar surface area (TPSA) is 126 Å². The molecular weight excluding hydrogens is 454 g/mol. The minimum Gasteiger partial charge on any atom is -0.378 e. The lowest BCUT2D eigenvalue weighted by Crippen LogP contribution is -2.38. The van der Waals surface area contributed by atoms with Crippen molar-refractivity contribution in [1.29, 1.82) is 0 Å². The Morgan fingerprint density at radius 3 is 2.29 bits per heavy atom. The molecule has 2 N–H and O–H groups in total. The van der Waals surface area contributed by atoms with Crippen LogP contribution >= 0.6 is 0 Å². The van der Waals surface area contributed by atoms with Gasteiger partial charge >= 0.3 is 0 Å². The van der Waals surface area contributed by atoms with Crippen LogP contribution in [0.1, 0.15) is 15.9 Å². The quantitative estimate of drug-likeness (QED) is 0.452. The molecule has 0 unspecified atom stereocenters. The minimum atomic E-state index is -0.556. The third kappa shape index (κ3) is 6.06. The fourth-order valence-corrected chi connectivity index (χ4v) is 4.11. The lowest BCUT2D eigenvalue weighted by atomic mass is 10.1. The Hall–Kier alpha value is -3.70. The van der Waals surface area contributed by atoms with Crippen LogP contribution < -0.4 is 20.4 Å². The van der Waals surface area contributed by atoms with Crippen molar-refractivity contribution in [3.05, 3.63) is 57.6 Å². The van der Waals surface area contributed by atoms with Crippen LogP contribution in [0.3, 0.4) is 0 Å². The number of rotatable bonds is 7. The molecule has 0 atom stereocenters. The molecular formula is C24H29N5O6. The second-order valence-corrected chi connectivity index (χ2v) is 8.39. The average Bonchev–Trinajstić information content (AvgIpc) is 2.88. The first kappa shape index (κ1) is 24.4. The third-order valence-corrected chi connectivity index (χ3v) is 6.06. The van der Waals surface area contributed by atoms with Crippen LogP contribution in [-0.4, -0.2) is 75.9 Å². The molecule has 11 nitrogen and oxygen atoms in total. The van der Waals surface area contributed by atoms with Gasteiger partial charge in [0.2, 0.25) is 5.91 Å². The number of hydrogen-bond acceptors (Lipinski definition) is 8. The normalized spacial score (nSPS) is 16.0. The number of benzene rings is 2.